The summed E-state index contributed by atoms with van der Waals surface area (Å²) in [6.07, 6.45) is 0. The minimum atomic E-state index is -3.09. The van der Waals surface area contributed by atoms with E-state index in [-0.39, 0.29) is 12.4 Å². The van der Waals surface area contributed by atoms with Crippen molar-refractivity contribution in [3.8, 4) is 0 Å². The zero-order chi connectivity index (χ0) is 16.0. The van der Waals surface area contributed by atoms with Crippen LogP contribution in [-0.4, -0.2) is 24.9 Å². The molecule has 1 aromatic heterocycles. The van der Waals surface area contributed by atoms with Crippen LogP contribution in [0.25, 0.3) is 0 Å². The Morgan fingerprint density at radius 2 is 2.00 bits per heavy atom. The molecule has 2 rings (SSSR count). The molecular weight excluding hydrogens is 362 g/mol. The van der Waals surface area contributed by atoms with Crippen LogP contribution in [0.2, 0.25) is 0 Å². The van der Waals surface area contributed by atoms with Gasteiger partial charge in [-0.15, -0.1) is 35.5 Å². The van der Waals surface area contributed by atoms with Gasteiger partial charge in [-0.2, -0.15) is 0 Å². The highest BCUT2D eigenvalue weighted by Gasteiger charge is 2.27. The first kappa shape index (κ1) is 19.9. The summed E-state index contributed by atoms with van der Waals surface area (Å²) in [5, 5.41) is 4.23. The number of hydrogen-bond acceptors (Lipinski definition) is 4. The minimum absolute atomic E-state index is 0. The first-order chi connectivity index (χ1) is 10.5. The Morgan fingerprint density at radius 3 is 2.65 bits per heavy atom. The maximum absolute atomic E-state index is 13.1. The fraction of sp³-hybridized carbons (Fsp3) is 0.267. The lowest BCUT2D eigenvalue weighted by atomic mass is 10.2. The normalized spacial score (nSPS) is 10.9. The number of rotatable bonds is 7. The van der Waals surface area contributed by atoms with E-state index in [4.69, 9.17) is 5.73 Å². The van der Waals surface area contributed by atoms with Crippen LogP contribution in [-0.2, 0) is 5.75 Å². The number of benzene rings is 1. The number of carbonyl (C=O) groups is 1. The van der Waals surface area contributed by atoms with E-state index in [1.54, 1.807) is 23.5 Å². The molecule has 0 atom stereocenters. The first-order valence-electron chi connectivity index (χ1n) is 6.62. The molecule has 126 valence electrons. The predicted octanol–water partition coefficient (Wildman–Crippen LogP) is 3.79. The van der Waals surface area contributed by atoms with Crippen LogP contribution >= 0.6 is 35.5 Å². The largest absolute Gasteiger partial charge is 0.346 e. The number of nitrogens with one attached hydrogen (secondary N) is 1. The number of carbonyl (C=O) groups excluding carboxylic acids is 1. The highest BCUT2D eigenvalue weighted by Crippen LogP contribution is 2.28. The zero-order valence-corrected chi connectivity index (χ0v) is 14.6. The molecule has 0 radical (unpaired) electrons. The summed E-state index contributed by atoms with van der Waals surface area (Å²) < 4.78 is 26.2. The van der Waals surface area contributed by atoms with E-state index < -0.39 is 24.9 Å². The van der Waals surface area contributed by atoms with Gasteiger partial charge in [0.05, 0.1) is 18.7 Å². The van der Waals surface area contributed by atoms with Crippen molar-refractivity contribution in [2.75, 3.05) is 13.1 Å². The molecule has 0 spiro atoms. The van der Waals surface area contributed by atoms with Crippen molar-refractivity contribution >= 4 is 41.4 Å². The van der Waals surface area contributed by atoms with Crippen molar-refractivity contribution in [3.05, 3.63) is 52.2 Å². The smallest absolute Gasteiger partial charge is 0.277 e. The molecule has 3 N–H and O–H groups in total. The van der Waals surface area contributed by atoms with Crippen LogP contribution in [0.4, 0.5) is 8.78 Å². The number of hydrogen-bond donors (Lipinski definition) is 2. The van der Waals surface area contributed by atoms with E-state index in [2.05, 4.69) is 5.32 Å². The molecule has 8 heteroatoms. The molecule has 1 aromatic carbocycles. The summed E-state index contributed by atoms with van der Waals surface area (Å²) in [4.78, 5) is 14.1. The lowest BCUT2D eigenvalue weighted by Gasteiger charge is -2.15. The first-order valence-corrected chi connectivity index (χ1v) is 8.49. The van der Waals surface area contributed by atoms with E-state index in [0.717, 1.165) is 10.6 Å². The fourth-order valence-corrected chi connectivity index (χ4v) is 3.52. The second-order valence-corrected chi connectivity index (χ2v) is 6.66. The lowest BCUT2D eigenvalue weighted by molar-refractivity contribution is 0.0118. The molecule has 0 unspecified atom stereocenters. The lowest BCUT2D eigenvalue weighted by Crippen LogP contribution is -2.41. The van der Waals surface area contributed by atoms with Gasteiger partial charge in [-0.3, -0.25) is 4.79 Å². The van der Waals surface area contributed by atoms with Crippen LogP contribution in [0, 0.1) is 0 Å². The molecular formula is C15H17ClF2N2OS2. The third-order valence-corrected chi connectivity index (χ3v) is 5.07. The van der Waals surface area contributed by atoms with Crippen molar-refractivity contribution in [3.63, 3.8) is 0 Å². The summed E-state index contributed by atoms with van der Waals surface area (Å²) in [5.74, 6) is -2.86. The summed E-state index contributed by atoms with van der Waals surface area (Å²) >= 11 is 3.15. The number of amides is 1. The summed E-state index contributed by atoms with van der Waals surface area (Å²) in [6, 6.07) is 11.0. The highest BCUT2D eigenvalue weighted by molar-refractivity contribution is 7.98. The Morgan fingerprint density at radius 1 is 1.26 bits per heavy atom. The third-order valence-electron chi connectivity index (χ3n) is 2.89. The van der Waals surface area contributed by atoms with Gasteiger partial charge >= 0.3 is 0 Å². The fourth-order valence-electron chi connectivity index (χ4n) is 1.70. The van der Waals surface area contributed by atoms with Gasteiger partial charge in [-0.1, -0.05) is 18.2 Å². The maximum Gasteiger partial charge on any atom is 0.277 e. The summed E-state index contributed by atoms with van der Waals surface area (Å²) in [6.45, 7) is -1.55. The van der Waals surface area contributed by atoms with Gasteiger partial charge in [0, 0.05) is 15.5 Å². The molecule has 0 saturated heterocycles. The molecule has 0 aliphatic rings. The van der Waals surface area contributed by atoms with Gasteiger partial charge in [0.2, 0.25) is 0 Å². The van der Waals surface area contributed by atoms with Crippen molar-refractivity contribution in [2.24, 2.45) is 5.73 Å². The zero-order valence-electron chi connectivity index (χ0n) is 12.1. The van der Waals surface area contributed by atoms with Gasteiger partial charge < -0.3 is 11.1 Å². The second-order valence-electron chi connectivity index (χ2n) is 4.61. The monoisotopic (exact) mass is 378 g/mol. The molecule has 2 aromatic rings. The molecule has 23 heavy (non-hydrogen) atoms. The van der Waals surface area contributed by atoms with Gasteiger partial charge in [0.15, 0.2) is 0 Å². The molecule has 0 aliphatic heterocycles. The van der Waals surface area contributed by atoms with Crippen LogP contribution in [0.1, 0.15) is 15.2 Å². The standard InChI is InChI=1S/C15H16F2N2OS2.ClH/c16-15(17,9-18)10-19-14(20)12-5-1-2-6-13(12)22-8-11-4-3-7-21-11;/h1-7H,8-10,18H2,(H,19,20);1H. The van der Waals surface area contributed by atoms with E-state index in [1.807, 2.05) is 29.6 Å². The maximum atomic E-state index is 13.1. The van der Waals surface area contributed by atoms with Crippen molar-refractivity contribution in [1.29, 1.82) is 0 Å². The molecule has 1 amide bonds. The Bertz CT molecular complexity index is 624. The molecule has 0 bridgehead atoms. The summed E-state index contributed by atoms with van der Waals surface area (Å²) in [5.41, 5.74) is 5.36. The van der Waals surface area contributed by atoms with E-state index in [9.17, 15) is 13.6 Å². The van der Waals surface area contributed by atoms with Crippen molar-refractivity contribution < 1.29 is 13.6 Å². The SMILES string of the molecule is Cl.NCC(F)(F)CNC(=O)c1ccccc1SCc1cccs1. The van der Waals surface area contributed by atoms with Gasteiger partial charge in [0.25, 0.3) is 11.8 Å². The topological polar surface area (TPSA) is 55.1 Å². The van der Waals surface area contributed by atoms with Gasteiger partial charge in [-0.05, 0) is 23.6 Å². The highest BCUT2D eigenvalue weighted by atomic mass is 35.5. The predicted molar refractivity (Wildman–Crippen MR) is 93.9 cm³/mol. The number of thiophene rings is 1. The van der Waals surface area contributed by atoms with Crippen LogP contribution in [0.3, 0.4) is 0 Å². The summed E-state index contributed by atoms with van der Waals surface area (Å²) in [7, 11) is 0. The van der Waals surface area contributed by atoms with Crippen molar-refractivity contribution in [2.45, 2.75) is 16.6 Å². The number of thioether (sulfide) groups is 1. The van der Waals surface area contributed by atoms with Gasteiger partial charge in [-0.25, -0.2) is 8.78 Å². The van der Waals surface area contributed by atoms with Gasteiger partial charge in [0.1, 0.15) is 0 Å². The molecule has 0 saturated carbocycles. The molecule has 1 heterocycles. The van der Waals surface area contributed by atoms with Crippen molar-refractivity contribution in [1.82, 2.24) is 5.32 Å². The van der Waals surface area contributed by atoms with Crippen LogP contribution in [0.15, 0.2) is 46.7 Å². The number of halogens is 3. The number of alkyl halides is 2. The quantitative estimate of drug-likeness (QED) is 0.721. The van der Waals surface area contributed by atoms with E-state index >= 15 is 0 Å². The number of nitrogens with two attached hydrogens (primary N) is 1. The molecule has 3 nitrogen and oxygen atoms in total. The van der Waals surface area contributed by atoms with Crippen LogP contribution < -0.4 is 11.1 Å². The Hall–Kier alpha value is -1.15. The second kappa shape index (κ2) is 9.22. The average Bonchev–Trinajstić information content (AvgIpc) is 3.04. The molecule has 0 aliphatic carbocycles. The molecule has 0 fully saturated rings. The van der Waals surface area contributed by atoms with E-state index in [0.29, 0.717) is 5.56 Å². The minimum Gasteiger partial charge on any atom is -0.346 e. The third kappa shape index (κ3) is 6.10. The van der Waals surface area contributed by atoms with Crippen LogP contribution in [0.5, 0.6) is 0 Å². The Kier molecular flexibility index (Phi) is 7.98. The van der Waals surface area contributed by atoms with E-state index in [1.165, 1.54) is 16.6 Å². The Labute approximate surface area is 148 Å². The Balaban J connectivity index is 0.00000264. The average molecular weight is 379 g/mol.